The zero-order valence-electron chi connectivity index (χ0n) is 8.54. The van der Waals surface area contributed by atoms with Crippen molar-refractivity contribution in [2.24, 2.45) is 11.7 Å². The van der Waals surface area contributed by atoms with Gasteiger partial charge >= 0.3 is 0 Å². The standard InChI is InChI=1S/C11H12ClFN2O/c12-9-3-6(1-2-10(9)13)7-4-15-5-8(7)11(14)16/h1-3,7-8,15H,4-5H2,(H2,14,16). The van der Waals surface area contributed by atoms with E-state index in [-0.39, 0.29) is 22.8 Å². The third-order valence-corrected chi connectivity index (χ3v) is 3.24. The number of rotatable bonds is 2. The summed E-state index contributed by atoms with van der Waals surface area (Å²) in [5.41, 5.74) is 6.15. The molecule has 0 radical (unpaired) electrons. The van der Waals surface area contributed by atoms with Gasteiger partial charge in [-0.05, 0) is 17.7 Å². The summed E-state index contributed by atoms with van der Waals surface area (Å²) >= 11 is 5.71. The van der Waals surface area contributed by atoms with E-state index in [1.807, 2.05) is 0 Å². The molecule has 1 heterocycles. The van der Waals surface area contributed by atoms with Crippen molar-refractivity contribution in [2.75, 3.05) is 13.1 Å². The van der Waals surface area contributed by atoms with Gasteiger partial charge in [0.05, 0.1) is 10.9 Å². The predicted octanol–water partition coefficient (Wildman–Crippen LogP) is 1.27. The van der Waals surface area contributed by atoms with Gasteiger partial charge in [0.2, 0.25) is 5.91 Å². The Labute approximate surface area is 97.8 Å². The van der Waals surface area contributed by atoms with Crippen molar-refractivity contribution in [1.29, 1.82) is 0 Å². The number of hydrogen-bond acceptors (Lipinski definition) is 2. The molecule has 5 heteroatoms. The van der Waals surface area contributed by atoms with Gasteiger partial charge in [0.1, 0.15) is 5.82 Å². The number of halogens is 2. The molecule has 1 aromatic rings. The summed E-state index contributed by atoms with van der Waals surface area (Å²) in [7, 11) is 0. The number of nitrogens with two attached hydrogens (primary N) is 1. The molecule has 2 atom stereocenters. The van der Waals surface area contributed by atoms with Crippen molar-refractivity contribution < 1.29 is 9.18 Å². The molecule has 1 fully saturated rings. The van der Waals surface area contributed by atoms with Gasteiger partial charge in [-0.25, -0.2) is 4.39 Å². The molecular formula is C11H12ClFN2O. The number of benzene rings is 1. The molecule has 3 N–H and O–H groups in total. The summed E-state index contributed by atoms with van der Waals surface area (Å²) < 4.78 is 13.0. The summed E-state index contributed by atoms with van der Waals surface area (Å²) in [6.45, 7) is 1.23. The van der Waals surface area contributed by atoms with Gasteiger partial charge < -0.3 is 11.1 Å². The summed E-state index contributed by atoms with van der Waals surface area (Å²) in [5, 5.41) is 3.18. The minimum atomic E-state index is -0.452. The molecule has 0 aliphatic carbocycles. The highest BCUT2D eigenvalue weighted by Crippen LogP contribution is 2.30. The minimum absolute atomic E-state index is 0.0180. The van der Waals surface area contributed by atoms with Gasteiger partial charge in [-0.2, -0.15) is 0 Å². The molecule has 0 spiro atoms. The van der Waals surface area contributed by atoms with E-state index in [1.165, 1.54) is 6.07 Å². The number of carbonyl (C=O) groups excluding carboxylic acids is 1. The monoisotopic (exact) mass is 242 g/mol. The van der Waals surface area contributed by atoms with Gasteiger partial charge in [0, 0.05) is 19.0 Å². The van der Waals surface area contributed by atoms with Crippen molar-refractivity contribution in [3.8, 4) is 0 Å². The van der Waals surface area contributed by atoms with Gasteiger partial charge in [0.25, 0.3) is 0 Å². The van der Waals surface area contributed by atoms with Crippen LogP contribution in [0.4, 0.5) is 4.39 Å². The van der Waals surface area contributed by atoms with Crippen LogP contribution in [0.2, 0.25) is 5.02 Å². The lowest BCUT2D eigenvalue weighted by Crippen LogP contribution is -2.28. The maximum absolute atomic E-state index is 13.0. The van der Waals surface area contributed by atoms with E-state index in [4.69, 9.17) is 17.3 Å². The Morgan fingerprint density at radius 2 is 2.25 bits per heavy atom. The van der Waals surface area contributed by atoms with Crippen molar-refractivity contribution in [1.82, 2.24) is 5.32 Å². The third-order valence-electron chi connectivity index (χ3n) is 2.95. The molecule has 1 aliphatic rings. The molecule has 2 rings (SSSR count). The second-order valence-corrected chi connectivity index (χ2v) is 4.35. The highest BCUT2D eigenvalue weighted by molar-refractivity contribution is 6.30. The van der Waals surface area contributed by atoms with Gasteiger partial charge in [-0.1, -0.05) is 17.7 Å². The molecule has 0 aromatic heterocycles. The minimum Gasteiger partial charge on any atom is -0.369 e. The topological polar surface area (TPSA) is 55.1 Å². The molecule has 0 bridgehead atoms. The lowest BCUT2D eigenvalue weighted by molar-refractivity contribution is -0.121. The lowest BCUT2D eigenvalue weighted by Gasteiger charge is -2.16. The van der Waals surface area contributed by atoms with E-state index in [0.717, 1.165) is 5.56 Å². The summed E-state index contributed by atoms with van der Waals surface area (Å²) in [5.74, 6) is -1.06. The zero-order valence-corrected chi connectivity index (χ0v) is 9.30. The highest BCUT2D eigenvalue weighted by Gasteiger charge is 2.32. The van der Waals surface area contributed by atoms with Crippen LogP contribution in [0.5, 0.6) is 0 Å². The molecule has 1 saturated heterocycles. The van der Waals surface area contributed by atoms with Crippen LogP contribution < -0.4 is 11.1 Å². The largest absolute Gasteiger partial charge is 0.369 e. The summed E-state index contributed by atoms with van der Waals surface area (Å²) in [6, 6.07) is 4.52. The van der Waals surface area contributed by atoms with E-state index >= 15 is 0 Å². The smallest absolute Gasteiger partial charge is 0.222 e. The Balaban J connectivity index is 2.29. The van der Waals surface area contributed by atoms with E-state index < -0.39 is 5.82 Å². The molecule has 2 unspecified atom stereocenters. The summed E-state index contributed by atoms with van der Waals surface area (Å²) in [4.78, 5) is 11.2. The van der Waals surface area contributed by atoms with Crippen LogP contribution in [-0.2, 0) is 4.79 Å². The first-order valence-corrected chi connectivity index (χ1v) is 5.42. The first-order valence-electron chi connectivity index (χ1n) is 5.04. The molecule has 16 heavy (non-hydrogen) atoms. The van der Waals surface area contributed by atoms with Crippen LogP contribution in [0.1, 0.15) is 11.5 Å². The molecule has 1 aliphatic heterocycles. The highest BCUT2D eigenvalue weighted by atomic mass is 35.5. The average molecular weight is 243 g/mol. The quantitative estimate of drug-likeness (QED) is 0.821. The predicted molar refractivity (Wildman–Crippen MR) is 59.7 cm³/mol. The number of hydrogen-bond donors (Lipinski definition) is 2. The van der Waals surface area contributed by atoms with E-state index in [0.29, 0.717) is 13.1 Å². The summed E-state index contributed by atoms with van der Waals surface area (Å²) in [6.07, 6.45) is 0. The third kappa shape index (κ3) is 2.03. The average Bonchev–Trinajstić information content (AvgIpc) is 2.71. The van der Waals surface area contributed by atoms with E-state index in [1.54, 1.807) is 12.1 Å². The van der Waals surface area contributed by atoms with Crippen molar-refractivity contribution in [2.45, 2.75) is 5.92 Å². The van der Waals surface area contributed by atoms with Crippen LogP contribution >= 0.6 is 11.6 Å². The molecule has 86 valence electrons. The first-order chi connectivity index (χ1) is 7.59. The Morgan fingerprint density at radius 3 is 2.88 bits per heavy atom. The van der Waals surface area contributed by atoms with Crippen LogP contribution in [0.3, 0.4) is 0 Å². The molecular weight excluding hydrogens is 231 g/mol. The Hall–Kier alpha value is -1.13. The second-order valence-electron chi connectivity index (χ2n) is 3.95. The van der Waals surface area contributed by atoms with Crippen molar-refractivity contribution in [3.05, 3.63) is 34.6 Å². The van der Waals surface area contributed by atoms with E-state index in [2.05, 4.69) is 5.32 Å². The normalized spacial score (nSPS) is 24.6. The lowest BCUT2D eigenvalue weighted by atomic mass is 9.88. The van der Waals surface area contributed by atoms with Crippen molar-refractivity contribution in [3.63, 3.8) is 0 Å². The SMILES string of the molecule is NC(=O)C1CNCC1c1ccc(F)c(Cl)c1. The van der Waals surface area contributed by atoms with Gasteiger partial charge in [-0.15, -0.1) is 0 Å². The van der Waals surface area contributed by atoms with Crippen molar-refractivity contribution >= 4 is 17.5 Å². The van der Waals surface area contributed by atoms with Crippen LogP contribution in [0, 0.1) is 11.7 Å². The second kappa shape index (κ2) is 4.39. The first kappa shape index (κ1) is 11.4. The number of amides is 1. The molecule has 0 saturated carbocycles. The molecule has 1 amide bonds. The zero-order chi connectivity index (χ0) is 11.7. The fraction of sp³-hybridized carbons (Fsp3) is 0.364. The van der Waals surface area contributed by atoms with Gasteiger partial charge in [-0.3, -0.25) is 4.79 Å². The van der Waals surface area contributed by atoms with Crippen LogP contribution in [0.15, 0.2) is 18.2 Å². The number of nitrogens with one attached hydrogen (secondary N) is 1. The molecule has 3 nitrogen and oxygen atoms in total. The Bertz CT molecular complexity index is 424. The fourth-order valence-corrected chi connectivity index (χ4v) is 2.26. The van der Waals surface area contributed by atoms with Gasteiger partial charge in [0.15, 0.2) is 0 Å². The Kier molecular flexibility index (Phi) is 3.12. The fourth-order valence-electron chi connectivity index (χ4n) is 2.07. The molecule has 1 aromatic carbocycles. The van der Waals surface area contributed by atoms with Crippen LogP contribution in [0.25, 0.3) is 0 Å². The number of carbonyl (C=O) groups is 1. The maximum Gasteiger partial charge on any atom is 0.222 e. The van der Waals surface area contributed by atoms with E-state index in [9.17, 15) is 9.18 Å². The Morgan fingerprint density at radius 1 is 1.50 bits per heavy atom. The van der Waals surface area contributed by atoms with Crippen LogP contribution in [-0.4, -0.2) is 19.0 Å². The number of primary amides is 1. The maximum atomic E-state index is 13.0.